The highest BCUT2D eigenvalue weighted by Crippen LogP contribution is 2.31. The average molecular weight is 315 g/mol. The van der Waals surface area contributed by atoms with Crippen molar-refractivity contribution in [1.29, 1.82) is 0 Å². The minimum atomic E-state index is -1.20. The van der Waals surface area contributed by atoms with Crippen molar-refractivity contribution >= 4 is 23.3 Å². The van der Waals surface area contributed by atoms with Crippen molar-refractivity contribution in [2.24, 2.45) is 0 Å². The van der Waals surface area contributed by atoms with Crippen molar-refractivity contribution in [3.63, 3.8) is 0 Å². The van der Waals surface area contributed by atoms with E-state index in [9.17, 15) is 14.7 Å². The number of carboxylic acid groups (broad SMARTS) is 1. The molecule has 0 saturated heterocycles. The predicted molar refractivity (Wildman–Crippen MR) is 84.9 cm³/mol. The lowest BCUT2D eigenvalue weighted by molar-refractivity contribution is -0.154. The highest BCUT2D eigenvalue weighted by Gasteiger charge is 2.12. The number of phenolic OH excluding ortho intramolecular Hbond substituents is 1. The molecule has 120 valence electrons. The first kappa shape index (κ1) is 16.4. The molecule has 6 nitrogen and oxygen atoms in total. The average Bonchev–Trinajstić information content (AvgIpc) is 2.50. The van der Waals surface area contributed by atoms with Gasteiger partial charge in [0.05, 0.1) is 12.1 Å². The molecule has 6 heteroatoms. The van der Waals surface area contributed by atoms with E-state index in [1.54, 1.807) is 36.4 Å². The Balaban J connectivity index is 2.18. The SMILES string of the molecule is Cc1cccc(O)c1Nc1ccccc1CC(=O)OCC(=O)O. The number of ether oxygens (including phenoxy) is 1. The summed E-state index contributed by atoms with van der Waals surface area (Å²) in [6, 6.07) is 12.2. The summed E-state index contributed by atoms with van der Waals surface area (Å²) in [5, 5.41) is 21.6. The van der Waals surface area contributed by atoms with Crippen LogP contribution >= 0.6 is 0 Å². The van der Waals surface area contributed by atoms with Crippen molar-refractivity contribution in [3.05, 3.63) is 53.6 Å². The van der Waals surface area contributed by atoms with Crippen molar-refractivity contribution in [1.82, 2.24) is 0 Å². The highest BCUT2D eigenvalue weighted by molar-refractivity contribution is 5.80. The van der Waals surface area contributed by atoms with Crippen molar-refractivity contribution < 1.29 is 24.5 Å². The molecular formula is C17H17NO5. The molecule has 0 aromatic heterocycles. The fourth-order valence-corrected chi connectivity index (χ4v) is 2.09. The molecule has 0 heterocycles. The van der Waals surface area contributed by atoms with E-state index in [1.165, 1.54) is 0 Å². The van der Waals surface area contributed by atoms with Crippen molar-refractivity contribution in [2.45, 2.75) is 13.3 Å². The number of hydrogen-bond acceptors (Lipinski definition) is 5. The van der Waals surface area contributed by atoms with Crippen LogP contribution in [0.4, 0.5) is 11.4 Å². The fraction of sp³-hybridized carbons (Fsp3) is 0.176. The summed E-state index contributed by atoms with van der Waals surface area (Å²) in [5.41, 5.74) is 2.70. The van der Waals surface area contributed by atoms with Crippen LogP contribution in [0.5, 0.6) is 5.75 Å². The number of anilines is 2. The third kappa shape index (κ3) is 4.47. The molecule has 0 aliphatic carbocycles. The van der Waals surface area contributed by atoms with Crippen LogP contribution in [0, 0.1) is 6.92 Å². The Hall–Kier alpha value is -3.02. The molecule has 3 N–H and O–H groups in total. The molecule has 0 atom stereocenters. The zero-order valence-corrected chi connectivity index (χ0v) is 12.6. The van der Waals surface area contributed by atoms with E-state index < -0.39 is 18.5 Å². The Labute approximate surface area is 133 Å². The minimum absolute atomic E-state index is 0.0664. The third-order valence-corrected chi connectivity index (χ3v) is 3.22. The van der Waals surface area contributed by atoms with E-state index in [4.69, 9.17) is 5.11 Å². The summed E-state index contributed by atoms with van der Waals surface area (Å²) in [5.74, 6) is -1.72. The summed E-state index contributed by atoms with van der Waals surface area (Å²) in [6.07, 6.45) is -0.0664. The quantitative estimate of drug-likeness (QED) is 0.560. The largest absolute Gasteiger partial charge is 0.506 e. The maximum Gasteiger partial charge on any atom is 0.341 e. The Kier molecular flexibility index (Phi) is 5.19. The normalized spacial score (nSPS) is 10.1. The second-order valence-corrected chi connectivity index (χ2v) is 4.98. The molecule has 0 radical (unpaired) electrons. The molecule has 0 aliphatic heterocycles. The van der Waals surface area contributed by atoms with Gasteiger partial charge in [0.15, 0.2) is 6.61 Å². The van der Waals surface area contributed by atoms with Crippen molar-refractivity contribution in [3.8, 4) is 5.75 Å². The summed E-state index contributed by atoms with van der Waals surface area (Å²) >= 11 is 0. The number of aliphatic carboxylic acids is 1. The molecule has 0 unspecified atom stereocenters. The molecule has 2 aromatic carbocycles. The van der Waals surface area contributed by atoms with Crippen LogP contribution < -0.4 is 5.32 Å². The second kappa shape index (κ2) is 7.31. The van der Waals surface area contributed by atoms with Gasteiger partial charge in [0.1, 0.15) is 5.75 Å². The number of benzene rings is 2. The van der Waals surface area contributed by atoms with Gasteiger partial charge in [-0.05, 0) is 30.2 Å². The Morgan fingerprint density at radius 3 is 2.57 bits per heavy atom. The molecule has 0 bridgehead atoms. The first-order chi connectivity index (χ1) is 11.0. The Morgan fingerprint density at radius 1 is 1.13 bits per heavy atom. The first-order valence-electron chi connectivity index (χ1n) is 6.98. The zero-order valence-electron chi connectivity index (χ0n) is 12.6. The third-order valence-electron chi connectivity index (χ3n) is 3.22. The van der Waals surface area contributed by atoms with Gasteiger partial charge in [-0.1, -0.05) is 30.3 Å². The molecular weight excluding hydrogens is 298 g/mol. The Bertz CT molecular complexity index is 706. The number of para-hydroxylation sites is 2. The van der Waals surface area contributed by atoms with Gasteiger partial charge >= 0.3 is 11.9 Å². The van der Waals surface area contributed by atoms with E-state index >= 15 is 0 Å². The number of carbonyl (C=O) groups is 2. The first-order valence-corrected chi connectivity index (χ1v) is 6.98. The second-order valence-electron chi connectivity index (χ2n) is 4.98. The number of rotatable bonds is 6. The standard InChI is InChI=1S/C17H17NO5/c1-11-5-4-8-14(19)17(11)18-13-7-3-2-6-12(13)9-16(22)23-10-15(20)21/h2-8,18-19H,9-10H2,1H3,(H,20,21). The lowest BCUT2D eigenvalue weighted by atomic mass is 10.1. The van der Waals surface area contributed by atoms with E-state index in [1.807, 2.05) is 13.0 Å². The summed E-state index contributed by atoms with van der Waals surface area (Å²) < 4.78 is 4.64. The number of nitrogens with one attached hydrogen (secondary N) is 1. The summed E-state index contributed by atoms with van der Waals surface area (Å²) in [6.45, 7) is 1.19. The van der Waals surface area contributed by atoms with Crippen LogP contribution in [0.3, 0.4) is 0 Å². The monoisotopic (exact) mass is 315 g/mol. The number of aromatic hydroxyl groups is 1. The lowest BCUT2D eigenvalue weighted by Crippen LogP contribution is -2.15. The van der Waals surface area contributed by atoms with Crippen LogP contribution in [0.25, 0.3) is 0 Å². The molecule has 23 heavy (non-hydrogen) atoms. The van der Waals surface area contributed by atoms with E-state index in [0.29, 0.717) is 16.9 Å². The van der Waals surface area contributed by atoms with Gasteiger partial charge in [-0.25, -0.2) is 4.79 Å². The molecule has 2 rings (SSSR count). The number of phenols is 1. The van der Waals surface area contributed by atoms with Crippen LogP contribution in [-0.2, 0) is 20.7 Å². The minimum Gasteiger partial charge on any atom is -0.506 e. The number of hydrogen-bond donors (Lipinski definition) is 3. The Morgan fingerprint density at radius 2 is 1.87 bits per heavy atom. The molecule has 0 fully saturated rings. The summed E-state index contributed by atoms with van der Waals surface area (Å²) in [7, 11) is 0. The summed E-state index contributed by atoms with van der Waals surface area (Å²) in [4.78, 5) is 22.1. The topological polar surface area (TPSA) is 95.9 Å². The van der Waals surface area contributed by atoms with Gasteiger partial charge in [-0.2, -0.15) is 0 Å². The number of carboxylic acids is 1. The molecule has 0 saturated carbocycles. The lowest BCUT2D eigenvalue weighted by Gasteiger charge is -2.14. The van der Waals surface area contributed by atoms with Gasteiger partial charge in [0.25, 0.3) is 0 Å². The van der Waals surface area contributed by atoms with Crippen molar-refractivity contribution in [2.75, 3.05) is 11.9 Å². The van der Waals surface area contributed by atoms with Crippen LogP contribution in [-0.4, -0.2) is 28.8 Å². The van der Waals surface area contributed by atoms with Gasteiger partial charge in [0, 0.05) is 5.69 Å². The van der Waals surface area contributed by atoms with Crippen LogP contribution in [0.15, 0.2) is 42.5 Å². The molecule has 0 aliphatic rings. The predicted octanol–water partition coefficient (Wildman–Crippen LogP) is 2.61. The molecule has 2 aromatic rings. The van der Waals surface area contributed by atoms with Crippen LogP contribution in [0.1, 0.15) is 11.1 Å². The number of esters is 1. The maximum atomic E-state index is 11.7. The van der Waals surface area contributed by atoms with E-state index in [0.717, 1.165) is 5.56 Å². The smallest absolute Gasteiger partial charge is 0.341 e. The number of carbonyl (C=O) groups excluding carboxylic acids is 1. The van der Waals surface area contributed by atoms with Gasteiger partial charge in [-0.3, -0.25) is 4.79 Å². The maximum absolute atomic E-state index is 11.7. The number of aryl methyl sites for hydroxylation is 1. The van der Waals surface area contributed by atoms with E-state index in [2.05, 4.69) is 10.1 Å². The molecule has 0 amide bonds. The zero-order chi connectivity index (χ0) is 16.8. The van der Waals surface area contributed by atoms with Gasteiger partial charge in [-0.15, -0.1) is 0 Å². The molecule has 0 spiro atoms. The fourth-order valence-electron chi connectivity index (χ4n) is 2.09. The van der Waals surface area contributed by atoms with Gasteiger partial charge < -0.3 is 20.3 Å². The van der Waals surface area contributed by atoms with Gasteiger partial charge in [0.2, 0.25) is 0 Å². The van der Waals surface area contributed by atoms with E-state index in [-0.39, 0.29) is 12.2 Å². The highest BCUT2D eigenvalue weighted by atomic mass is 16.5. The van der Waals surface area contributed by atoms with Crippen LogP contribution in [0.2, 0.25) is 0 Å².